The number of hydrogen-bond acceptors (Lipinski definition) is 2. The topological polar surface area (TPSA) is 15.3 Å². The molecule has 0 radical (unpaired) electrons. The van der Waals surface area contributed by atoms with Crippen molar-refractivity contribution in [3.05, 3.63) is 35.9 Å². The van der Waals surface area contributed by atoms with Crippen molar-refractivity contribution < 1.29 is 0 Å². The van der Waals surface area contributed by atoms with Crippen molar-refractivity contribution in [2.75, 3.05) is 13.1 Å². The van der Waals surface area contributed by atoms with Gasteiger partial charge in [0.25, 0.3) is 0 Å². The standard InChI is InChI=1S/C18H30N2/c1-4-16-10-11-19-18(12-16)14-20(15(2)3)13-17-8-6-5-7-9-17/h5-9,15-16,18-19H,4,10-14H2,1-3H3. The molecule has 2 rings (SSSR count). The first kappa shape index (κ1) is 15.5. The largest absolute Gasteiger partial charge is 0.313 e. The molecule has 20 heavy (non-hydrogen) atoms. The molecule has 2 atom stereocenters. The average molecular weight is 274 g/mol. The first-order valence-corrected chi connectivity index (χ1v) is 8.20. The lowest BCUT2D eigenvalue weighted by atomic mass is 9.90. The van der Waals surface area contributed by atoms with E-state index in [4.69, 9.17) is 0 Å². The van der Waals surface area contributed by atoms with Crippen LogP contribution in [0.3, 0.4) is 0 Å². The van der Waals surface area contributed by atoms with Crippen molar-refractivity contribution in [1.29, 1.82) is 0 Å². The van der Waals surface area contributed by atoms with Crippen molar-refractivity contribution in [2.24, 2.45) is 5.92 Å². The molecule has 1 saturated heterocycles. The van der Waals surface area contributed by atoms with Crippen LogP contribution in [0.1, 0.15) is 45.6 Å². The summed E-state index contributed by atoms with van der Waals surface area (Å²) in [7, 11) is 0. The molecule has 0 bridgehead atoms. The molecule has 0 aliphatic carbocycles. The Morgan fingerprint density at radius 2 is 2.00 bits per heavy atom. The highest BCUT2D eigenvalue weighted by atomic mass is 15.2. The number of nitrogens with zero attached hydrogens (tertiary/aromatic N) is 1. The van der Waals surface area contributed by atoms with Gasteiger partial charge in [0.15, 0.2) is 0 Å². The molecule has 1 aliphatic heterocycles. The summed E-state index contributed by atoms with van der Waals surface area (Å²) in [5.74, 6) is 0.923. The van der Waals surface area contributed by atoms with E-state index in [2.05, 4.69) is 61.3 Å². The van der Waals surface area contributed by atoms with E-state index in [0.717, 1.165) is 12.5 Å². The highest BCUT2D eigenvalue weighted by Crippen LogP contribution is 2.21. The predicted molar refractivity (Wildman–Crippen MR) is 86.8 cm³/mol. The van der Waals surface area contributed by atoms with Crippen LogP contribution in [0.4, 0.5) is 0 Å². The van der Waals surface area contributed by atoms with Gasteiger partial charge < -0.3 is 5.32 Å². The van der Waals surface area contributed by atoms with E-state index in [-0.39, 0.29) is 0 Å². The van der Waals surface area contributed by atoms with Gasteiger partial charge in [-0.05, 0) is 44.7 Å². The summed E-state index contributed by atoms with van der Waals surface area (Å²) in [4.78, 5) is 2.60. The average Bonchev–Trinajstić information content (AvgIpc) is 2.48. The molecule has 0 spiro atoms. The second kappa shape index (κ2) is 7.80. The van der Waals surface area contributed by atoms with Crippen molar-refractivity contribution >= 4 is 0 Å². The molecule has 1 aromatic rings. The van der Waals surface area contributed by atoms with Gasteiger partial charge in [-0.3, -0.25) is 4.90 Å². The minimum Gasteiger partial charge on any atom is -0.313 e. The second-order valence-corrected chi connectivity index (χ2v) is 6.46. The third-order valence-electron chi connectivity index (χ3n) is 4.59. The summed E-state index contributed by atoms with van der Waals surface area (Å²) < 4.78 is 0. The first-order chi connectivity index (χ1) is 9.69. The Morgan fingerprint density at radius 3 is 2.65 bits per heavy atom. The molecule has 1 N–H and O–H groups in total. The van der Waals surface area contributed by atoms with E-state index in [1.165, 1.54) is 37.9 Å². The molecular formula is C18H30N2. The maximum atomic E-state index is 3.71. The normalized spacial score (nSPS) is 23.4. The Bertz CT molecular complexity index is 374. The summed E-state index contributed by atoms with van der Waals surface area (Å²) in [6.45, 7) is 10.4. The van der Waals surface area contributed by atoms with Gasteiger partial charge in [-0.25, -0.2) is 0 Å². The third-order valence-corrected chi connectivity index (χ3v) is 4.59. The zero-order valence-corrected chi connectivity index (χ0v) is 13.3. The summed E-state index contributed by atoms with van der Waals surface area (Å²) in [6.07, 6.45) is 4.03. The summed E-state index contributed by atoms with van der Waals surface area (Å²) in [6, 6.07) is 12.1. The number of benzene rings is 1. The summed E-state index contributed by atoms with van der Waals surface area (Å²) in [5.41, 5.74) is 1.42. The minimum absolute atomic E-state index is 0.596. The van der Waals surface area contributed by atoms with Crippen LogP contribution in [0, 0.1) is 5.92 Å². The lowest BCUT2D eigenvalue weighted by molar-refractivity contribution is 0.162. The van der Waals surface area contributed by atoms with Gasteiger partial charge >= 0.3 is 0 Å². The molecule has 2 unspecified atom stereocenters. The number of piperidine rings is 1. The van der Waals surface area contributed by atoms with Crippen LogP contribution in [-0.4, -0.2) is 30.1 Å². The van der Waals surface area contributed by atoms with Crippen LogP contribution >= 0.6 is 0 Å². The Morgan fingerprint density at radius 1 is 1.25 bits per heavy atom. The Kier molecular flexibility index (Phi) is 6.06. The van der Waals surface area contributed by atoms with Crippen LogP contribution in [0.5, 0.6) is 0 Å². The van der Waals surface area contributed by atoms with Gasteiger partial charge in [0.2, 0.25) is 0 Å². The van der Waals surface area contributed by atoms with E-state index in [0.29, 0.717) is 12.1 Å². The van der Waals surface area contributed by atoms with Crippen molar-refractivity contribution in [3.8, 4) is 0 Å². The van der Waals surface area contributed by atoms with Crippen LogP contribution in [0.2, 0.25) is 0 Å². The van der Waals surface area contributed by atoms with E-state index in [1.807, 2.05) is 0 Å². The molecule has 1 aliphatic rings. The first-order valence-electron chi connectivity index (χ1n) is 8.20. The van der Waals surface area contributed by atoms with E-state index >= 15 is 0 Å². The zero-order chi connectivity index (χ0) is 14.4. The predicted octanol–water partition coefficient (Wildman–Crippen LogP) is 3.68. The fraction of sp³-hybridized carbons (Fsp3) is 0.667. The molecule has 0 aromatic heterocycles. The Labute approximate surface area is 124 Å². The van der Waals surface area contributed by atoms with Gasteiger partial charge in [-0.15, -0.1) is 0 Å². The fourth-order valence-electron chi connectivity index (χ4n) is 3.16. The monoisotopic (exact) mass is 274 g/mol. The SMILES string of the molecule is CCC1CCNC(CN(Cc2ccccc2)C(C)C)C1. The molecule has 112 valence electrons. The lowest BCUT2D eigenvalue weighted by Gasteiger charge is -2.35. The molecule has 1 aromatic carbocycles. The molecule has 1 fully saturated rings. The van der Waals surface area contributed by atoms with Crippen molar-refractivity contribution in [2.45, 2.75) is 58.7 Å². The van der Waals surface area contributed by atoms with Gasteiger partial charge in [0.05, 0.1) is 0 Å². The lowest BCUT2D eigenvalue weighted by Crippen LogP contribution is -2.47. The highest BCUT2D eigenvalue weighted by Gasteiger charge is 2.23. The van der Waals surface area contributed by atoms with E-state index < -0.39 is 0 Å². The number of hydrogen-bond donors (Lipinski definition) is 1. The molecule has 1 heterocycles. The van der Waals surface area contributed by atoms with Crippen LogP contribution in [-0.2, 0) is 6.54 Å². The summed E-state index contributed by atoms with van der Waals surface area (Å²) in [5, 5.41) is 3.71. The van der Waals surface area contributed by atoms with E-state index in [9.17, 15) is 0 Å². The van der Waals surface area contributed by atoms with Gasteiger partial charge in [-0.2, -0.15) is 0 Å². The Balaban J connectivity index is 1.92. The van der Waals surface area contributed by atoms with Gasteiger partial charge in [-0.1, -0.05) is 43.7 Å². The fourth-order valence-corrected chi connectivity index (χ4v) is 3.16. The minimum atomic E-state index is 0.596. The molecule has 2 heteroatoms. The second-order valence-electron chi connectivity index (χ2n) is 6.46. The zero-order valence-electron chi connectivity index (χ0n) is 13.3. The van der Waals surface area contributed by atoms with Gasteiger partial charge in [0.1, 0.15) is 0 Å². The molecule has 2 nitrogen and oxygen atoms in total. The maximum absolute atomic E-state index is 3.71. The molecule has 0 saturated carbocycles. The number of nitrogens with one attached hydrogen (secondary N) is 1. The van der Waals surface area contributed by atoms with Crippen LogP contribution < -0.4 is 5.32 Å². The van der Waals surface area contributed by atoms with Crippen molar-refractivity contribution in [1.82, 2.24) is 10.2 Å². The smallest absolute Gasteiger partial charge is 0.0237 e. The highest BCUT2D eigenvalue weighted by molar-refractivity contribution is 5.14. The number of rotatable bonds is 6. The Hall–Kier alpha value is -0.860. The molecule has 0 amide bonds. The van der Waals surface area contributed by atoms with E-state index in [1.54, 1.807) is 0 Å². The van der Waals surface area contributed by atoms with Crippen LogP contribution in [0.25, 0.3) is 0 Å². The summed E-state index contributed by atoms with van der Waals surface area (Å²) >= 11 is 0. The van der Waals surface area contributed by atoms with Crippen molar-refractivity contribution in [3.63, 3.8) is 0 Å². The van der Waals surface area contributed by atoms with Crippen LogP contribution in [0.15, 0.2) is 30.3 Å². The quantitative estimate of drug-likeness (QED) is 0.851. The van der Waals surface area contributed by atoms with Gasteiger partial charge in [0, 0.05) is 25.2 Å². The maximum Gasteiger partial charge on any atom is 0.0237 e. The third kappa shape index (κ3) is 4.60. The molecular weight excluding hydrogens is 244 g/mol.